The van der Waals surface area contributed by atoms with Crippen molar-refractivity contribution in [3.8, 4) is 0 Å². The van der Waals surface area contributed by atoms with Crippen LogP contribution in [0.25, 0.3) is 0 Å². The zero-order valence-electron chi connectivity index (χ0n) is 13.2. The lowest BCUT2D eigenvalue weighted by Crippen LogP contribution is -2.27. The zero-order valence-corrected chi connectivity index (χ0v) is 14.0. The van der Waals surface area contributed by atoms with E-state index in [-0.39, 0.29) is 16.6 Å². The second kappa shape index (κ2) is 6.33. The third-order valence-corrected chi connectivity index (χ3v) is 5.87. The van der Waals surface area contributed by atoms with Gasteiger partial charge in [-0.3, -0.25) is 10.1 Å². The maximum absolute atomic E-state index is 12.4. The molecule has 24 heavy (non-hydrogen) atoms. The second-order valence-electron chi connectivity index (χ2n) is 5.98. The average Bonchev–Trinajstić information content (AvgIpc) is 3.02. The van der Waals surface area contributed by atoms with Crippen LogP contribution in [-0.4, -0.2) is 13.3 Å². The quantitative estimate of drug-likeness (QED) is 0.665. The molecule has 2 aromatic carbocycles. The molecule has 0 radical (unpaired) electrons. The molecule has 0 fully saturated rings. The Morgan fingerprint density at radius 3 is 2.42 bits per heavy atom. The smallest absolute Gasteiger partial charge is 0.258 e. The van der Waals surface area contributed by atoms with Gasteiger partial charge < -0.3 is 0 Å². The number of aryl methyl sites for hydroxylation is 2. The largest absolute Gasteiger partial charge is 0.269 e. The van der Waals surface area contributed by atoms with Crippen molar-refractivity contribution >= 4 is 15.7 Å². The highest BCUT2D eigenvalue weighted by molar-refractivity contribution is 7.89. The van der Waals surface area contributed by atoms with Gasteiger partial charge in [0.1, 0.15) is 0 Å². The fourth-order valence-electron chi connectivity index (χ4n) is 2.98. The van der Waals surface area contributed by atoms with Gasteiger partial charge in [-0.25, -0.2) is 13.1 Å². The van der Waals surface area contributed by atoms with Crippen LogP contribution in [0.15, 0.2) is 47.4 Å². The molecule has 0 amide bonds. The first-order valence-electron chi connectivity index (χ1n) is 7.75. The van der Waals surface area contributed by atoms with E-state index in [1.807, 2.05) is 6.07 Å². The minimum absolute atomic E-state index is 0.0149. The van der Waals surface area contributed by atoms with Crippen LogP contribution in [-0.2, 0) is 22.9 Å². The summed E-state index contributed by atoms with van der Waals surface area (Å²) in [6.45, 7) is 1.79. The third-order valence-electron chi connectivity index (χ3n) is 4.31. The topological polar surface area (TPSA) is 89.3 Å². The number of hydrogen-bond acceptors (Lipinski definition) is 4. The summed E-state index contributed by atoms with van der Waals surface area (Å²) in [7, 11) is -3.74. The van der Waals surface area contributed by atoms with E-state index >= 15 is 0 Å². The predicted octanol–water partition coefficient (Wildman–Crippen LogP) is 3.12. The number of rotatable bonds is 5. The van der Waals surface area contributed by atoms with Crippen molar-refractivity contribution in [1.82, 2.24) is 4.72 Å². The van der Waals surface area contributed by atoms with Crippen LogP contribution in [0.3, 0.4) is 0 Å². The summed E-state index contributed by atoms with van der Waals surface area (Å²) in [4.78, 5) is 10.1. The summed E-state index contributed by atoms with van der Waals surface area (Å²) in [5.41, 5.74) is 3.40. The fourth-order valence-corrected chi connectivity index (χ4v) is 4.21. The molecular weight excluding hydrogens is 328 g/mol. The SMILES string of the molecule is C[C@@H](NS(=O)(=O)c1ccc([N+](=O)[O-])cc1)c1ccc2c(c1)CCC2. The lowest BCUT2D eigenvalue weighted by Gasteiger charge is -2.16. The van der Waals surface area contributed by atoms with Crippen LogP contribution in [0.1, 0.15) is 36.1 Å². The summed E-state index contributed by atoms with van der Waals surface area (Å²) in [5.74, 6) is 0. The van der Waals surface area contributed by atoms with E-state index < -0.39 is 14.9 Å². The number of sulfonamides is 1. The van der Waals surface area contributed by atoms with Crippen molar-refractivity contribution in [2.45, 2.75) is 37.1 Å². The summed E-state index contributed by atoms with van der Waals surface area (Å²) in [6, 6.07) is 10.6. The first-order chi connectivity index (χ1) is 11.4. The van der Waals surface area contributed by atoms with E-state index in [4.69, 9.17) is 0 Å². The molecule has 1 aliphatic rings. The highest BCUT2D eigenvalue weighted by atomic mass is 32.2. The van der Waals surface area contributed by atoms with Crippen LogP contribution in [0.4, 0.5) is 5.69 Å². The zero-order chi connectivity index (χ0) is 17.3. The number of benzene rings is 2. The minimum Gasteiger partial charge on any atom is -0.258 e. The maximum Gasteiger partial charge on any atom is 0.269 e. The van der Waals surface area contributed by atoms with Gasteiger partial charge in [0.05, 0.1) is 9.82 Å². The molecule has 6 nitrogen and oxygen atoms in total. The van der Waals surface area contributed by atoms with Crippen molar-refractivity contribution < 1.29 is 13.3 Å². The van der Waals surface area contributed by atoms with Gasteiger partial charge in [-0.2, -0.15) is 0 Å². The number of nitrogens with one attached hydrogen (secondary N) is 1. The van der Waals surface area contributed by atoms with Gasteiger partial charge in [0.15, 0.2) is 0 Å². The van der Waals surface area contributed by atoms with E-state index in [0.29, 0.717) is 0 Å². The number of nitro benzene ring substituents is 1. The van der Waals surface area contributed by atoms with Crippen LogP contribution in [0, 0.1) is 10.1 Å². The Bertz CT molecular complexity index is 876. The van der Waals surface area contributed by atoms with E-state index in [1.54, 1.807) is 6.92 Å². The molecule has 0 saturated heterocycles. The molecule has 0 saturated carbocycles. The van der Waals surface area contributed by atoms with Crippen LogP contribution >= 0.6 is 0 Å². The number of nitro groups is 1. The lowest BCUT2D eigenvalue weighted by atomic mass is 10.0. The van der Waals surface area contributed by atoms with E-state index in [0.717, 1.165) is 24.8 Å². The van der Waals surface area contributed by atoms with Crippen LogP contribution in [0.2, 0.25) is 0 Å². The Morgan fingerprint density at radius 1 is 1.08 bits per heavy atom. The van der Waals surface area contributed by atoms with Crippen LogP contribution < -0.4 is 4.72 Å². The molecule has 0 spiro atoms. The molecule has 1 aliphatic carbocycles. The van der Waals surface area contributed by atoms with Crippen molar-refractivity contribution in [3.05, 3.63) is 69.3 Å². The lowest BCUT2D eigenvalue weighted by molar-refractivity contribution is -0.384. The van der Waals surface area contributed by atoms with Gasteiger partial charge in [0.25, 0.3) is 5.69 Å². The van der Waals surface area contributed by atoms with Gasteiger partial charge in [0.2, 0.25) is 10.0 Å². The Morgan fingerprint density at radius 2 is 1.75 bits per heavy atom. The maximum atomic E-state index is 12.4. The predicted molar refractivity (Wildman–Crippen MR) is 90.3 cm³/mol. The second-order valence-corrected chi connectivity index (χ2v) is 7.69. The molecule has 1 N–H and O–H groups in total. The van der Waals surface area contributed by atoms with Gasteiger partial charge in [-0.15, -0.1) is 0 Å². The van der Waals surface area contributed by atoms with E-state index in [1.165, 1.54) is 35.4 Å². The third kappa shape index (κ3) is 3.32. The van der Waals surface area contributed by atoms with Crippen molar-refractivity contribution in [2.75, 3.05) is 0 Å². The Labute approximate surface area is 140 Å². The van der Waals surface area contributed by atoms with Crippen LogP contribution in [0.5, 0.6) is 0 Å². The summed E-state index contributed by atoms with van der Waals surface area (Å²) in [6.07, 6.45) is 3.26. The molecule has 7 heteroatoms. The molecule has 0 aromatic heterocycles. The van der Waals surface area contributed by atoms with E-state index in [2.05, 4.69) is 16.9 Å². The Balaban J connectivity index is 1.79. The Hall–Kier alpha value is -2.25. The highest BCUT2D eigenvalue weighted by Crippen LogP contribution is 2.26. The molecule has 3 rings (SSSR count). The molecule has 0 unspecified atom stereocenters. The number of non-ortho nitro benzene ring substituents is 1. The molecule has 126 valence electrons. The molecule has 1 atom stereocenters. The molecular formula is C17H18N2O4S. The van der Waals surface area contributed by atoms with Crippen molar-refractivity contribution in [3.63, 3.8) is 0 Å². The Kier molecular flexibility index (Phi) is 4.38. The normalized spacial score (nSPS) is 15.0. The van der Waals surface area contributed by atoms with Crippen molar-refractivity contribution in [2.24, 2.45) is 0 Å². The summed E-state index contributed by atoms with van der Waals surface area (Å²) in [5, 5.41) is 10.7. The minimum atomic E-state index is -3.74. The summed E-state index contributed by atoms with van der Waals surface area (Å²) >= 11 is 0. The number of fused-ring (bicyclic) bond motifs is 1. The summed E-state index contributed by atoms with van der Waals surface area (Å²) < 4.78 is 27.5. The first kappa shape index (κ1) is 16.6. The van der Waals surface area contributed by atoms with Gasteiger partial charge >= 0.3 is 0 Å². The molecule has 0 heterocycles. The number of hydrogen-bond donors (Lipinski definition) is 1. The average molecular weight is 346 g/mol. The van der Waals surface area contributed by atoms with Gasteiger partial charge in [0, 0.05) is 18.2 Å². The first-order valence-corrected chi connectivity index (χ1v) is 9.23. The molecule has 0 aliphatic heterocycles. The fraction of sp³-hybridized carbons (Fsp3) is 0.294. The van der Waals surface area contributed by atoms with Gasteiger partial charge in [-0.1, -0.05) is 18.2 Å². The highest BCUT2D eigenvalue weighted by Gasteiger charge is 2.20. The molecule has 2 aromatic rings. The van der Waals surface area contributed by atoms with E-state index in [9.17, 15) is 18.5 Å². The molecule has 0 bridgehead atoms. The van der Waals surface area contributed by atoms with Crippen molar-refractivity contribution in [1.29, 1.82) is 0 Å². The monoisotopic (exact) mass is 346 g/mol. The standard InChI is InChI=1S/C17H18N2O4S/c1-12(14-6-5-13-3-2-4-15(13)11-14)18-24(22,23)17-9-7-16(8-10-17)19(20)21/h5-12,18H,2-4H2,1H3/t12-/m1/s1. The number of nitrogens with zero attached hydrogens (tertiary/aromatic N) is 1. The van der Waals surface area contributed by atoms with Gasteiger partial charge in [-0.05, 0) is 55.0 Å².